The third-order valence-corrected chi connectivity index (χ3v) is 7.94. The molecule has 0 fully saturated rings. The molecule has 1 aliphatic carbocycles. The van der Waals surface area contributed by atoms with E-state index in [0.29, 0.717) is 5.56 Å². The summed E-state index contributed by atoms with van der Waals surface area (Å²) in [6.45, 7) is 12.1. The lowest BCUT2D eigenvalue weighted by Gasteiger charge is -2.24. The van der Waals surface area contributed by atoms with Crippen molar-refractivity contribution in [2.75, 3.05) is 38.2 Å². The number of nitrogens with zero attached hydrogens (tertiary/aromatic N) is 2. The molecule has 5 nitrogen and oxygen atoms in total. The van der Waals surface area contributed by atoms with Gasteiger partial charge < -0.3 is 14.1 Å². The van der Waals surface area contributed by atoms with Gasteiger partial charge in [-0.2, -0.15) is 0 Å². The van der Waals surface area contributed by atoms with E-state index < -0.39 is 0 Å². The SMILES string of the molecule is CCN(CC)c1cc2oc3cc(=[N+](CC)CC)c(Br)cc-3c(-c3ccccc3C(=O)OC)c2cc1Br. The number of hydrogen-bond donors (Lipinski definition) is 0. The number of benzene rings is 3. The Hall–Kier alpha value is -2.64. The maximum atomic E-state index is 12.8. The summed E-state index contributed by atoms with van der Waals surface area (Å²) < 4.78 is 16.0. The highest BCUT2D eigenvalue weighted by Crippen LogP contribution is 2.44. The number of ether oxygens (including phenoxy) is 1. The van der Waals surface area contributed by atoms with E-state index in [0.717, 1.165) is 79.6 Å². The molecule has 0 amide bonds. The summed E-state index contributed by atoms with van der Waals surface area (Å²) in [6, 6.07) is 16.0. The van der Waals surface area contributed by atoms with Crippen molar-refractivity contribution in [2.45, 2.75) is 27.7 Å². The second kappa shape index (κ2) is 11.2. The number of esters is 1. The van der Waals surface area contributed by atoms with E-state index in [1.54, 1.807) is 0 Å². The molecule has 0 atom stereocenters. The first-order valence-corrected chi connectivity index (χ1v) is 13.9. The van der Waals surface area contributed by atoms with Gasteiger partial charge in [0.05, 0.1) is 28.9 Å². The van der Waals surface area contributed by atoms with Crippen LogP contribution >= 0.6 is 31.9 Å². The van der Waals surface area contributed by atoms with E-state index in [-0.39, 0.29) is 5.97 Å². The Morgan fingerprint density at radius 2 is 1.64 bits per heavy atom. The fourth-order valence-corrected chi connectivity index (χ4v) is 5.99. The lowest BCUT2D eigenvalue weighted by atomic mass is 9.90. The zero-order valence-corrected chi connectivity index (χ0v) is 24.5. The van der Waals surface area contributed by atoms with Crippen LogP contribution in [-0.4, -0.2) is 39.3 Å². The Labute approximate surface area is 229 Å². The maximum Gasteiger partial charge on any atom is 0.338 e. The Kier molecular flexibility index (Phi) is 8.20. The van der Waals surface area contributed by atoms with Crippen molar-refractivity contribution in [1.29, 1.82) is 0 Å². The summed E-state index contributed by atoms with van der Waals surface area (Å²) in [5.74, 6) is 0.389. The van der Waals surface area contributed by atoms with Crippen LogP contribution in [0.15, 0.2) is 61.9 Å². The molecule has 0 saturated heterocycles. The standard InChI is InChI=1S/C29H31Br2N2O3/c1-6-32(7-2)24-16-26-20(14-22(24)30)28(18-12-10-11-13-19(18)29(34)35-5)21-15-23(31)25(17-27(21)36-26)33(8-3)9-4/h10-17H,6-9H2,1-5H3/q+1. The van der Waals surface area contributed by atoms with Gasteiger partial charge in [0.25, 0.3) is 0 Å². The molecule has 4 rings (SSSR count). The summed E-state index contributed by atoms with van der Waals surface area (Å²) in [6.07, 6.45) is 0. The van der Waals surface area contributed by atoms with Crippen molar-refractivity contribution in [3.8, 4) is 22.5 Å². The van der Waals surface area contributed by atoms with E-state index in [1.807, 2.05) is 24.3 Å². The number of anilines is 1. The number of hydrogen-bond acceptors (Lipinski definition) is 4. The summed E-state index contributed by atoms with van der Waals surface area (Å²) in [7, 11) is 1.41. The number of methoxy groups -OCH3 is 1. The average molecular weight is 615 g/mol. The minimum atomic E-state index is -0.370. The van der Waals surface area contributed by atoms with Crippen LogP contribution in [0.4, 0.5) is 5.69 Å². The van der Waals surface area contributed by atoms with Crippen LogP contribution in [0.2, 0.25) is 0 Å². The number of carbonyl (C=O) groups excluding carboxylic acids is 1. The molecule has 0 aromatic heterocycles. The lowest BCUT2D eigenvalue weighted by Crippen LogP contribution is -2.30. The van der Waals surface area contributed by atoms with Crippen LogP contribution in [0.3, 0.4) is 0 Å². The van der Waals surface area contributed by atoms with Crippen molar-refractivity contribution in [1.82, 2.24) is 4.58 Å². The quantitative estimate of drug-likeness (QED) is 0.126. The second-order valence-corrected chi connectivity index (χ2v) is 10.2. The average Bonchev–Trinajstić information content (AvgIpc) is 2.89. The van der Waals surface area contributed by atoms with Crippen molar-refractivity contribution in [3.05, 3.63) is 68.4 Å². The van der Waals surface area contributed by atoms with Gasteiger partial charge in [-0.05, 0) is 83.3 Å². The van der Waals surface area contributed by atoms with Gasteiger partial charge in [0.2, 0.25) is 5.36 Å². The first-order valence-electron chi connectivity index (χ1n) is 12.3. The maximum absolute atomic E-state index is 12.8. The second-order valence-electron chi connectivity index (χ2n) is 8.46. The predicted molar refractivity (Wildman–Crippen MR) is 155 cm³/mol. The normalized spacial score (nSPS) is 11.2. The van der Waals surface area contributed by atoms with Crippen molar-refractivity contribution < 1.29 is 13.9 Å². The van der Waals surface area contributed by atoms with Crippen LogP contribution in [0.25, 0.3) is 33.4 Å². The zero-order chi connectivity index (χ0) is 26.0. The summed E-state index contributed by atoms with van der Waals surface area (Å²) >= 11 is 7.61. The summed E-state index contributed by atoms with van der Waals surface area (Å²) in [5, 5.41) is 1.99. The van der Waals surface area contributed by atoms with Crippen LogP contribution in [-0.2, 0) is 4.74 Å². The topological polar surface area (TPSA) is 45.7 Å². The fourth-order valence-electron chi connectivity index (χ4n) is 4.80. The molecule has 2 aromatic carbocycles. The molecule has 0 bridgehead atoms. The molecule has 1 heterocycles. The van der Waals surface area contributed by atoms with E-state index in [2.05, 4.69) is 93.3 Å². The van der Waals surface area contributed by atoms with Gasteiger partial charge in [0.1, 0.15) is 24.4 Å². The largest absolute Gasteiger partial charge is 0.465 e. The molecule has 0 radical (unpaired) electrons. The third-order valence-electron chi connectivity index (χ3n) is 6.67. The van der Waals surface area contributed by atoms with Crippen LogP contribution in [0.5, 0.6) is 0 Å². The molecule has 0 unspecified atom stereocenters. The monoisotopic (exact) mass is 613 g/mol. The van der Waals surface area contributed by atoms with Crippen molar-refractivity contribution in [3.63, 3.8) is 0 Å². The highest BCUT2D eigenvalue weighted by atomic mass is 79.9. The number of fused-ring (bicyclic) bond motifs is 2. The van der Waals surface area contributed by atoms with Gasteiger partial charge in [-0.15, -0.1) is 0 Å². The predicted octanol–water partition coefficient (Wildman–Crippen LogP) is 7.17. The van der Waals surface area contributed by atoms with E-state index >= 15 is 0 Å². The van der Waals surface area contributed by atoms with E-state index in [1.165, 1.54) is 7.11 Å². The number of rotatable bonds is 7. The van der Waals surface area contributed by atoms with E-state index in [4.69, 9.17) is 9.15 Å². The van der Waals surface area contributed by atoms with Gasteiger partial charge in [-0.1, -0.05) is 18.2 Å². The summed E-state index contributed by atoms with van der Waals surface area (Å²) in [4.78, 5) is 15.1. The molecule has 188 valence electrons. The molecule has 1 aliphatic heterocycles. The van der Waals surface area contributed by atoms with E-state index in [9.17, 15) is 4.79 Å². The van der Waals surface area contributed by atoms with Crippen molar-refractivity contribution in [2.24, 2.45) is 0 Å². The Balaban J connectivity index is 2.21. The third kappa shape index (κ3) is 4.71. The minimum absolute atomic E-state index is 0.370. The van der Waals surface area contributed by atoms with Gasteiger partial charge in [-0.3, -0.25) is 0 Å². The molecular formula is C29H31Br2N2O3+. The molecule has 36 heavy (non-hydrogen) atoms. The first kappa shape index (κ1) is 26.4. The van der Waals surface area contributed by atoms with Crippen LogP contribution in [0, 0.1) is 0 Å². The molecule has 2 aromatic rings. The van der Waals surface area contributed by atoms with Gasteiger partial charge in [-0.25, -0.2) is 9.37 Å². The van der Waals surface area contributed by atoms with Gasteiger partial charge in [0.15, 0.2) is 0 Å². The smallest absolute Gasteiger partial charge is 0.338 e. The van der Waals surface area contributed by atoms with Crippen molar-refractivity contribution >= 4 is 54.5 Å². The molecule has 7 heteroatoms. The van der Waals surface area contributed by atoms with Gasteiger partial charge >= 0.3 is 5.97 Å². The Morgan fingerprint density at radius 3 is 2.28 bits per heavy atom. The van der Waals surface area contributed by atoms with Crippen LogP contribution in [0.1, 0.15) is 38.1 Å². The Morgan fingerprint density at radius 1 is 0.944 bits per heavy atom. The molecule has 0 spiro atoms. The molecule has 0 saturated carbocycles. The molecule has 0 N–H and O–H groups in total. The molecule has 2 aliphatic rings. The fraction of sp³-hybridized carbons (Fsp3) is 0.310. The highest BCUT2D eigenvalue weighted by Gasteiger charge is 2.25. The summed E-state index contributed by atoms with van der Waals surface area (Å²) in [5.41, 5.74) is 5.01. The first-order chi connectivity index (χ1) is 17.4. The lowest BCUT2D eigenvalue weighted by molar-refractivity contribution is 0.0601. The van der Waals surface area contributed by atoms with Gasteiger partial charge in [0, 0.05) is 40.1 Å². The number of carbonyl (C=O) groups is 1. The van der Waals surface area contributed by atoms with Crippen LogP contribution < -0.4 is 14.8 Å². The molecular weight excluding hydrogens is 584 g/mol. The minimum Gasteiger partial charge on any atom is -0.465 e. The zero-order valence-electron chi connectivity index (χ0n) is 21.3. The number of halogens is 2. The highest BCUT2D eigenvalue weighted by molar-refractivity contribution is 9.10. The Bertz CT molecular complexity index is 1470.